The number of nitrogens with zero attached hydrogens (tertiary/aromatic N) is 1. The third kappa shape index (κ3) is 5.39. The van der Waals surface area contributed by atoms with Gasteiger partial charge in [-0.2, -0.15) is 0 Å². The summed E-state index contributed by atoms with van der Waals surface area (Å²) < 4.78 is 5.83. The summed E-state index contributed by atoms with van der Waals surface area (Å²) in [5.41, 5.74) is 0. The topological polar surface area (TPSA) is 45.5 Å². The van der Waals surface area contributed by atoms with Crippen molar-refractivity contribution in [2.75, 3.05) is 25.4 Å². The van der Waals surface area contributed by atoms with E-state index < -0.39 is 0 Å². The van der Waals surface area contributed by atoms with E-state index in [1.807, 2.05) is 36.0 Å². The van der Waals surface area contributed by atoms with Gasteiger partial charge in [-0.05, 0) is 69.3 Å². The number of carbonyl (C=O) groups excluding carboxylic acids is 1. The summed E-state index contributed by atoms with van der Waals surface area (Å²) in [6.45, 7) is 5.05. The Balaban J connectivity index is 1.40. The molecular formula is C21H28N2O2S. The van der Waals surface area contributed by atoms with E-state index in [9.17, 15) is 4.79 Å². The lowest BCUT2D eigenvalue weighted by atomic mass is 10.1. The zero-order chi connectivity index (χ0) is 18.2. The number of carbonyl (C=O) groups is 1. The summed E-state index contributed by atoms with van der Waals surface area (Å²) in [7, 11) is 0. The highest BCUT2D eigenvalue weighted by Crippen LogP contribution is 2.25. The van der Waals surface area contributed by atoms with Gasteiger partial charge in [-0.1, -0.05) is 24.6 Å². The van der Waals surface area contributed by atoms with Crippen molar-refractivity contribution >= 4 is 17.7 Å². The molecular weight excluding hydrogens is 344 g/mol. The van der Waals surface area contributed by atoms with Gasteiger partial charge in [-0.15, -0.1) is 11.8 Å². The highest BCUT2D eigenvalue weighted by molar-refractivity contribution is 7.99. The van der Waals surface area contributed by atoms with Crippen molar-refractivity contribution in [2.45, 2.75) is 43.5 Å². The van der Waals surface area contributed by atoms with Gasteiger partial charge in [0.05, 0.1) is 6.04 Å². The molecule has 1 fully saturated rings. The largest absolute Gasteiger partial charge is 0.454 e. The molecule has 1 saturated heterocycles. The van der Waals surface area contributed by atoms with Crippen molar-refractivity contribution in [3.8, 4) is 0 Å². The number of nitrogens with one attached hydrogen (secondary N) is 1. The molecule has 3 rings (SSSR count). The Kier molecular flexibility index (Phi) is 7.21. The van der Waals surface area contributed by atoms with Gasteiger partial charge in [0.15, 0.2) is 5.76 Å². The van der Waals surface area contributed by atoms with Crippen LogP contribution in [-0.4, -0.2) is 36.2 Å². The molecule has 1 aromatic heterocycles. The van der Waals surface area contributed by atoms with E-state index in [-0.39, 0.29) is 11.9 Å². The summed E-state index contributed by atoms with van der Waals surface area (Å²) in [6, 6.07) is 14.3. The Bertz CT molecular complexity index is 680. The monoisotopic (exact) mass is 372 g/mol. The van der Waals surface area contributed by atoms with E-state index in [0.717, 1.165) is 31.0 Å². The molecule has 1 unspecified atom stereocenters. The Morgan fingerprint density at radius 2 is 1.92 bits per heavy atom. The van der Waals surface area contributed by atoms with Gasteiger partial charge >= 0.3 is 0 Å². The number of benzene rings is 1. The average Bonchev–Trinajstić information content (AvgIpc) is 3.19. The fraction of sp³-hybridized carbons (Fsp3) is 0.476. The Labute approximate surface area is 160 Å². The molecule has 0 saturated carbocycles. The first-order valence-electron chi connectivity index (χ1n) is 9.54. The first-order chi connectivity index (χ1) is 12.7. The molecule has 140 valence electrons. The highest BCUT2D eigenvalue weighted by atomic mass is 32.2. The van der Waals surface area contributed by atoms with Crippen LogP contribution in [0, 0.1) is 0 Å². The standard InChI is InChI=1S/C21H28N2O2S/c1-17(23-14-6-3-7-15-23)19-11-12-20(25-19)21(24)22-13-8-16-26-18-9-4-2-5-10-18/h2,4-5,9-12,17H,3,6-8,13-16H2,1H3,(H,22,24). The Morgan fingerprint density at radius 3 is 2.69 bits per heavy atom. The van der Waals surface area contributed by atoms with E-state index in [1.54, 1.807) is 6.07 Å². The third-order valence-corrected chi connectivity index (χ3v) is 5.92. The molecule has 0 spiro atoms. The molecule has 1 aliphatic rings. The van der Waals surface area contributed by atoms with Crippen LogP contribution < -0.4 is 5.32 Å². The van der Waals surface area contributed by atoms with Gasteiger partial charge in [0.1, 0.15) is 5.76 Å². The molecule has 1 aromatic carbocycles. The van der Waals surface area contributed by atoms with Crippen molar-refractivity contribution in [3.05, 3.63) is 54.0 Å². The number of likely N-dealkylation sites (tertiary alicyclic amines) is 1. The van der Waals surface area contributed by atoms with Gasteiger partial charge in [-0.3, -0.25) is 9.69 Å². The minimum absolute atomic E-state index is 0.119. The second kappa shape index (κ2) is 9.83. The maximum absolute atomic E-state index is 12.3. The summed E-state index contributed by atoms with van der Waals surface area (Å²) in [4.78, 5) is 16.0. The molecule has 1 atom stereocenters. The first kappa shape index (κ1) is 19.1. The minimum atomic E-state index is -0.119. The maximum atomic E-state index is 12.3. The zero-order valence-electron chi connectivity index (χ0n) is 15.4. The predicted molar refractivity (Wildman–Crippen MR) is 107 cm³/mol. The predicted octanol–water partition coefficient (Wildman–Crippen LogP) is 4.74. The number of furan rings is 1. The summed E-state index contributed by atoms with van der Waals surface area (Å²) in [6.07, 6.45) is 4.75. The molecule has 2 aromatic rings. The summed E-state index contributed by atoms with van der Waals surface area (Å²) in [5.74, 6) is 2.17. The second-order valence-corrected chi connectivity index (χ2v) is 7.91. The molecule has 1 amide bonds. The molecule has 2 heterocycles. The number of hydrogen-bond donors (Lipinski definition) is 1. The van der Waals surface area contributed by atoms with Crippen molar-refractivity contribution in [1.29, 1.82) is 0 Å². The van der Waals surface area contributed by atoms with Crippen LogP contribution in [0.15, 0.2) is 51.8 Å². The third-order valence-electron chi connectivity index (χ3n) is 4.82. The van der Waals surface area contributed by atoms with Crippen LogP contribution in [0.3, 0.4) is 0 Å². The lowest BCUT2D eigenvalue weighted by Crippen LogP contribution is -2.32. The molecule has 4 nitrogen and oxygen atoms in total. The van der Waals surface area contributed by atoms with Crippen molar-refractivity contribution in [3.63, 3.8) is 0 Å². The van der Waals surface area contributed by atoms with E-state index in [1.165, 1.54) is 24.2 Å². The van der Waals surface area contributed by atoms with Crippen LogP contribution in [0.1, 0.15) is 55.0 Å². The van der Waals surface area contributed by atoms with Crippen LogP contribution in [0.25, 0.3) is 0 Å². The van der Waals surface area contributed by atoms with E-state index in [4.69, 9.17) is 4.42 Å². The van der Waals surface area contributed by atoms with Crippen LogP contribution >= 0.6 is 11.8 Å². The lowest BCUT2D eigenvalue weighted by Gasteiger charge is -2.31. The quantitative estimate of drug-likeness (QED) is 0.537. The number of amides is 1. The fourth-order valence-corrected chi connectivity index (χ4v) is 4.13. The Hall–Kier alpha value is -1.72. The number of piperidine rings is 1. The van der Waals surface area contributed by atoms with Crippen LogP contribution in [0.4, 0.5) is 0 Å². The minimum Gasteiger partial charge on any atom is -0.454 e. The van der Waals surface area contributed by atoms with Gasteiger partial charge < -0.3 is 9.73 Å². The fourth-order valence-electron chi connectivity index (χ4n) is 3.25. The van der Waals surface area contributed by atoms with E-state index in [2.05, 4.69) is 29.3 Å². The number of rotatable bonds is 8. The molecule has 26 heavy (non-hydrogen) atoms. The molecule has 1 aliphatic heterocycles. The van der Waals surface area contributed by atoms with Gasteiger partial charge in [-0.25, -0.2) is 0 Å². The lowest BCUT2D eigenvalue weighted by molar-refractivity contribution is 0.0917. The Morgan fingerprint density at radius 1 is 1.15 bits per heavy atom. The summed E-state index contributed by atoms with van der Waals surface area (Å²) >= 11 is 1.81. The van der Waals surface area contributed by atoms with Crippen molar-refractivity contribution in [2.24, 2.45) is 0 Å². The second-order valence-electron chi connectivity index (χ2n) is 6.75. The molecule has 0 bridgehead atoms. The first-order valence-corrected chi connectivity index (χ1v) is 10.5. The number of hydrogen-bond acceptors (Lipinski definition) is 4. The zero-order valence-corrected chi connectivity index (χ0v) is 16.3. The smallest absolute Gasteiger partial charge is 0.286 e. The van der Waals surface area contributed by atoms with Crippen LogP contribution in [0.5, 0.6) is 0 Å². The molecule has 1 N–H and O–H groups in total. The molecule has 5 heteroatoms. The molecule has 0 aliphatic carbocycles. The van der Waals surface area contributed by atoms with Gasteiger partial charge in [0.25, 0.3) is 5.91 Å². The summed E-state index contributed by atoms with van der Waals surface area (Å²) in [5, 5.41) is 2.96. The molecule has 0 radical (unpaired) electrons. The van der Waals surface area contributed by atoms with Gasteiger partial charge in [0, 0.05) is 11.4 Å². The SMILES string of the molecule is CC(c1ccc(C(=O)NCCCSc2ccccc2)o1)N1CCCCC1. The van der Waals surface area contributed by atoms with Crippen molar-refractivity contribution < 1.29 is 9.21 Å². The van der Waals surface area contributed by atoms with Crippen LogP contribution in [-0.2, 0) is 0 Å². The van der Waals surface area contributed by atoms with E-state index >= 15 is 0 Å². The normalized spacial score (nSPS) is 16.3. The van der Waals surface area contributed by atoms with E-state index in [0.29, 0.717) is 12.3 Å². The average molecular weight is 373 g/mol. The number of thioether (sulfide) groups is 1. The van der Waals surface area contributed by atoms with Crippen molar-refractivity contribution in [1.82, 2.24) is 10.2 Å². The maximum Gasteiger partial charge on any atom is 0.286 e. The highest BCUT2D eigenvalue weighted by Gasteiger charge is 2.22. The van der Waals surface area contributed by atoms with Crippen LogP contribution in [0.2, 0.25) is 0 Å². The van der Waals surface area contributed by atoms with Gasteiger partial charge in [0.2, 0.25) is 0 Å².